The first kappa shape index (κ1) is 15.6. The average Bonchev–Trinajstić information content (AvgIpc) is 2.84. The second kappa shape index (κ2) is 5.18. The van der Waals surface area contributed by atoms with Crippen molar-refractivity contribution in [2.45, 2.75) is 12.4 Å². The fourth-order valence-corrected chi connectivity index (χ4v) is 2.54. The maximum absolute atomic E-state index is 13.0. The van der Waals surface area contributed by atoms with Crippen LogP contribution in [0.5, 0.6) is 0 Å². The van der Waals surface area contributed by atoms with E-state index in [1.54, 1.807) is 0 Å². The summed E-state index contributed by atoms with van der Waals surface area (Å²) in [4.78, 5) is 10.8. The van der Waals surface area contributed by atoms with Gasteiger partial charge in [0.15, 0.2) is 6.29 Å². The molecule has 2 aromatic rings. The third-order valence-electron chi connectivity index (χ3n) is 2.74. The Morgan fingerprint density at radius 3 is 2.10 bits per heavy atom. The summed E-state index contributed by atoms with van der Waals surface area (Å²) in [6.07, 6.45) is -9.46. The highest BCUT2D eigenvalue weighted by Gasteiger charge is 2.38. The van der Waals surface area contributed by atoms with E-state index in [4.69, 9.17) is 0 Å². The molecule has 0 radical (unpaired) electrons. The molecular formula is C13H6F6OS. The number of aldehydes is 1. The lowest BCUT2D eigenvalue weighted by Gasteiger charge is -2.15. The Morgan fingerprint density at radius 2 is 1.57 bits per heavy atom. The smallest absolute Gasteiger partial charge is 0.297 e. The van der Waals surface area contributed by atoms with Crippen LogP contribution in [0.25, 0.3) is 11.1 Å². The number of hydrogen-bond acceptors (Lipinski definition) is 2. The van der Waals surface area contributed by atoms with E-state index >= 15 is 0 Å². The Hall–Kier alpha value is -1.83. The molecule has 0 N–H and O–H groups in total. The van der Waals surface area contributed by atoms with E-state index in [1.807, 2.05) is 0 Å². The number of thiophene rings is 1. The number of rotatable bonds is 2. The summed E-state index contributed by atoms with van der Waals surface area (Å²) >= 11 is 0.916. The number of alkyl halides is 6. The lowest BCUT2D eigenvalue weighted by atomic mass is 9.97. The summed E-state index contributed by atoms with van der Waals surface area (Å²) < 4.78 is 76.6. The fourth-order valence-electron chi connectivity index (χ4n) is 1.82. The van der Waals surface area contributed by atoms with Gasteiger partial charge in [0.1, 0.15) is 0 Å². The molecule has 0 atom stereocenters. The van der Waals surface area contributed by atoms with Gasteiger partial charge in [-0.25, -0.2) is 0 Å². The van der Waals surface area contributed by atoms with Crippen molar-refractivity contribution in [3.63, 3.8) is 0 Å². The second-order valence-electron chi connectivity index (χ2n) is 4.07. The van der Waals surface area contributed by atoms with E-state index in [1.165, 1.54) is 11.4 Å². The van der Waals surface area contributed by atoms with E-state index in [-0.39, 0.29) is 16.5 Å². The van der Waals surface area contributed by atoms with Gasteiger partial charge in [-0.1, -0.05) is 6.07 Å². The zero-order valence-corrected chi connectivity index (χ0v) is 10.9. The van der Waals surface area contributed by atoms with Crippen LogP contribution in [0.4, 0.5) is 26.3 Å². The minimum atomic E-state index is -4.96. The van der Waals surface area contributed by atoms with Gasteiger partial charge in [-0.3, -0.25) is 4.79 Å². The quantitative estimate of drug-likeness (QED) is 0.543. The molecule has 0 amide bonds. The standard InChI is InChI=1S/C13H6F6OS/c14-12(15,16)7-1-2-8(10(5-7)13(17,18)19)9-3-4-21-11(9)6-20/h1-6H. The lowest BCUT2D eigenvalue weighted by molar-refractivity contribution is -0.142. The first-order chi connectivity index (χ1) is 9.64. The van der Waals surface area contributed by atoms with Crippen molar-refractivity contribution in [1.29, 1.82) is 0 Å². The highest BCUT2D eigenvalue weighted by Crippen LogP contribution is 2.42. The minimum absolute atomic E-state index is 0.0280. The molecule has 1 aromatic carbocycles. The maximum atomic E-state index is 13.0. The molecule has 0 saturated carbocycles. The molecule has 0 aliphatic rings. The number of carbonyl (C=O) groups excluding carboxylic acids is 1. The SMILES string of the molecule is O=Cc1sccc1-c1ccc(C(F)(F)F)cc1C(F)(F)F. The van der Waals surface area contributed by atoms with E-state index in [9.17, 15) is 31.1 Å². The largest absolute Gasteiger partial charge is 0.417 e. The molecule has 0 unspecified atom stereocenters. The Balaban J connectivity index is 2.70. The molecule has 0 aliphatic heterocycles. The summed E-state index contributed by atoms with van der Waals surface area (Å²) in [5.41, 5.74) is -3.28. The predicted molar refractivity (Wildman–Crippen MR) is 65.1 cm³/mol. The molecule has 0 aliphatic carbocycles. The topological polar surface area (TPSA) is 17.1 Å². The van der Waals surface area contributed by atoms with Crippen LogP contribution in [-0.4, -0.2) is 6.29 Å². The van der Waals surface area contributed by atoms with Crippen LogP contribution in [0.2, 0.25) is 0 Å². The van der Waals surface area contributed by atoms with Gasteiger partial charge in [0.05, 0.1) is 16.0 Å². The van der Waals surface area contributed by atoms with Gasteiger partial charge < -0.3 is 0 Å². The van der Waals surface area contributed by atoms with Crippen molar-refractivity contribution in [2.75, 3.05) is 0 Å². The van der Waals surface area contributed by atoms with E-state index in [2.05, 4.69) is 0 Å². The molecular weight excluding hydrogens is 318 g/mol. The van der Waals surface area contributed by atoms with Crippen LogP contribution < -0.4 is 0 Å². The van der Waals surface area contributed by atoms with Crippen molar-refractivity contribution < 1.29 is 31.1 Å². The van der Waals surface area contributed by atoms with Crippen LogP contribution >= 0.6 is 11.3 Å². The molecule has 1 nitrogen and oxygen atoms in total. The van der Waals surface area contributed by atoms with Gasteiger partial charge in [-0.15, -0.1) is 11.3 Å². The van der Waals surface area contributed by atoms with Crippen LogP contribution in [-0.2, 0) is 12.4 Å². The number of carbonyl (C=O) groups is 1. The predicted octanol–water partition coefficient (Wildman–Crippen LogP) is 5.27. The monoisotopic (exact) mass is 324 g/mol. The third-order valence-corrected chi connectivity index (χ3v) is 3.59. The zero-order valence-electron chi connectivity index (χ0n) is 10.0. The number of hydrogen-bond donors (Lipinski definition) is 0. The first-order valence-corrected chi connectivity index (χ1v) is 6.34. The van der Waals surface area contributed by atoms with Crippen LogP contribution in [0, 0.1) is 0 Å². The summed E-state index contributed by atoms with van der Waals surface area (Å²) in [5.74, 6) is 0. The highest BCUT2D eigenvalue weighted by molar-refractivity contribution is 7.12. The Labute approximate surface area is 118 Å². The Kier molecular flexibility index (Phi) is 3.83. The number of benzene rings is 1. The van der Waals surface area contributed by atoms with Gasteiger partial charge in [0, 0.05) is 5.56 Å². The van der Waals surface area contributed by atoms with Crippen molar-refractivity contribution in [2.24, 2.45) is 0 Å². The van der Waals surface area contributed by atoms with Crippen molar-refractivity contribution in [3.05, 3.63) is 45.6 Å². The molecule has 0 saturated heterocycles. The molecule has 0 fully saturated rings. The van der Waals surface area contributed by atoms with Gasteiger partial charge in [-0.2, -0.15) is 26.3 Å². The Bertz CT molecular complexity index is 668. The van der Waals surface area contributed by atoms with Gasteiger partial charge >= 0.3 is 12.4 Å². The van der Waals surface area contributed by atoms with Crippen molar-refractivity contribution >= 4 is 17.6 Å². The maximum Gasteiger partial charge on any atom is 0.417 e. The van der Waals surface area contributed by atoms with Crippen molar-refractivity contribution in [1.82, 2.24) is 0 Å². The molecule has 1 heterocycles. The Morgan fingerprint density at radius 1 is 0.905 bits per heavy atom. The molecule has 0 spiro atoms. The van der Waals surface area contributed by atoms with Gasteiger partial charge in [-0.05, 0) is 29.1 Å². The van der Waals surface area contributed by atoms with E-state index < -0.39 is 29.0 Å². The molecule has 0 bridgehead atoms. The number of halogens is 6. The van der Waals surface area contributed by atoms with E-state index in [0.29, 0.717) is 12.4 Å². The minimum Gasteiger partial charge on any atom is -0.297 e. The highest BCUT2D eigenvalue weighted by atomic mass is 32.1. The lowest BCUT2D eigenvalue weighted by Crippen LogP contribution is -2.12. The molecule has 1 aromatic heterocycles. The van der Waals surface area contributed by atoms with Crippen LogP contribution in [0.15, 0.2) is 29.6 Å². The first-order valence-electron chi connectivity index (χ1n) is 5.46. The van der Waals surface area contributed by atoms with E-state index in [0.717, 1.165) is 17.4 Å². The second-order valence-corrected chi connectivity index (χ2v) is 5.02. The average molecular weight is 324 g/mol. The summed E-state index contributed by atoms with van der Waals surface area (Å²) in [6.45, 7) is 0. The van der Waals surface area contributed by atoms with Crippen molar-refractivity contribution in [3.8, 4) is 11.1 Å². The summed E-state index contributed by atoms with van der Waals surface area (Å²) in [7, 11) is 0. The van der Waals surface area contributed by atoms with Crippen LogP contribution in [0.1, 0.15) is 20.8 Å². The normalized spacial score (nSPS) is 12.5. The molecule has 2 rings (SSSR count). The molecule has 112 valence electrons. The van der Waals surface area contributed by atoms with Gasteiger partial charge in [0.25, 0.3) is 0 Å². The fraction of sp³-hybridized carbons (Fsp3) is 0.154. The van der Waals surface area contributed by atoms with Crippen LogP contribution in [0.3, 0.4) is 0 Å². The zero-order chi connectivity index (χ0) is 15.8. The third kappa shape index (κ3) is 3.10. The summed E-state index contributed by atoms with van der Waals surface area (Å²) in [5, 5.41) is 1.40. The molecule has 21 heavy (non-hydrogen) atoms. The summed E-state index contributed by atoms with van der Waals surface area (Å²) in [6, 6.07) is 2.63. The molecule has 8 heteroatoms. The van der Waals surface area contributed by atoms with Gasteiger partial charge in [0.2, 0.25) is 0 Å².